The van der Waals surface area contributed by atoms with Crippen LogP contribution in [0.25, 0.3) is 0 Å². The van der Waals surface area contributed by atoms with Gasteiger partial charge < -0.3 is 9.90 Å². The Hall–Kier alpha value is -1.46. The number of carboxylic acids is 1. The molecular weight excluding hydrogens is 188 g/mol. The van der Waals surface area contributed by atoms with Gasteiger partial charge in [0.1, 0.15) is 5.78 Å². The fourth-order valence-electron chi connectivity index (χ4n) is 0.929. The quantitative estimate of drug-likeness (QED) is 0.465. The smallest absolute Gasteiger partial charge is 0.305 e. The van der Waals surface area contributed by atoms with Gasteiger partial charge in [-0.25, -0.2) is 0 Å². The summed E-state index contributed by atoms with van der Waals surface area (Å²) in [5.74, 6) is -0.917. The Kier molecular flexibility index (Phi) is 6.26. The summed E-state index contributed by atoms with van der Waals surface area (Å²) >= 11 is 0. The molecule has 0 aromatic carbocycles. The molecule has 0 fully saturated rings. The van der Waals surface area contributed by atoms with E-state index in [0.29, 0.717) is 19.4 Å². The molecule has 0 rings (SSSR count). The second kappa shape index (κ2) is 6.99. The highest BCUT2D eigenvalue weighted by molar-refractivity contribution is 5.75. The standard InChI is InChI=1S/C8H14N2O4/c1-7(11)3-2-5-10(9-14)6-4-8(12)13/h2-6H2,1H3,(H,12,13). The lowest BCUT2D eigenvalue weighted by Gasteiger charge is -2.12. The predicted octanol–water partition coefficient (Wildman–Crippen LogP) is 0.814. The second-order valence-electron chi connectivity index (χ2n) is 2.98. The Morgan fingerprint density at radius 3 is 2.36 bits per heavy atom. The third kappa shape index (κ3) is 7.20. The lowest BCUT2D eigenvalue weighted by atomic mass is 10.2. The molecule has 0 aromatic heterocycles. The van der Waals surface area contributed by atoms with Gasteiger partial charge in [0.15, 0.2) is 0 Å². The van der Waals surface area contributed by atoms with Crippen molar-refractivity contribution in [1.82, 2.24) is 5.01 Å². The van der Waals surface area contributed by atoms with Gasteiger partial charge in [0.2, 0.25) is 0 Å². The summed E-state index contributed by atoms with van der Waals surface area (Å²) in [6.07, 6.45) is 0.797. The topological polar surface area (TPSA) is 87.0 Å². The van der Waals surface area contributed by atoms with Crippen molar-refractivity contribution < 1.29 is 14.7 Å². The molecule has 0 aliphatic carbocycles. The van der Waals surface area contributed by atoms with Crippen LogP contribution in [0.1, 0.15) is 26.2 Å². The fraction of sp³-hybridized carbons (Fsp3) is 0.750. The maximum atomic E-state index is 10.6. The summed E-state index contributed by atoms with van der Waals surface area (Å²) < 4.78 is 0. The van der Waals surface area contributed by atoms with E-state index in [-0.39, 0.29) is 18.7 Å². The number of carbonyl (C=O) groups excluding carboxylic acids is 1. The van der Waals surface area contributed by atoms with Gasteiger partial charge in [-0.1, -0.05) is 0 Å². The van der Waals surface area contributed by atoms with Crippen LogP contribution in [0.2, 0.25) is 0 Å². The minimum absolute atomic E-state index is 0.0501. The van der Waals surface area contributed by atoms with E-state index in [9.17, 15) is 14.5 Å². The molecule has 0 bridgehead atoms. The third-order valence-electron chi connectivity index (χ3n) is 1.64. The zero-order chi connectivity index (χ0) is 11.0. The van der Waals surface area contributed by atoms with Crippen LogP contribution >= 0.6 is 0 Å². The van der Waals surface area contributed by atoms with E-state index in [1.165, 1.54) is 6.92 Å². The van der Waals surface area contributed by atoms with Gasteiger partial charge >= 0.3 is 5.97 Å². The first-order valence-electron chi connectivity index (χ1n) is 4.35. The van der Waals surface area contributed by atoms with Crippen molar-refractivity contribution in [3.8, 4) is 0 Å². The maximum absolute atomic E-state index is 10.6. The highest BCUT2D eigenvalue weighted by Crippen LogP contribution is 1.98. The molecule has 14 heavy (non-hydrogen) atoms. The molecule has 0 unspecified atom stereocenters. The van der Waals surface area contributed by atoms with E-state index in [1.54, 1.807) is 0 Å². The highest BCUT2D eigenvalue weighted by Gasteiger charge is 2.06. The van der Waals surface area contributed by atoms with Crippen LogP contribution < -0.4 is 0 Å². The minimum atomic E-state index is -0.967. The van der Waals surface area contributed by atoms with Gasteiger partial charge in [-0.15, -0.1) is 4.91 Å². The first-order chi connectivity index (χ1) is 6.56. The summed E-state index contributed by atoms with van der Waals surface area (Å²) in [6, 6.07) is 0. The Balaban J connectivity index is 3.63. The Bertz CT molecular complexity index is 217. The molecule has 6 nitrogen and oxygen atoms in total. The van der Waals surface area contributed by atoms with Gasteiger partial charge in [-0.3, -0.25) is 9.80 Å². The number of hydrogen-bond acceptors (Lipinski definition) is 4. The number of rotatable bonds is 8. The number of nitrogens with zero attached hydrogens (tertiary/aromatic N) is 2. The van der Waals surface area contributed by atoms with Crippen LogP contribution in [0.15, 0.2) is 5.29 Å². The van der Waals surface area contributed by atoms with Gasteiger partial charge in [0, 0.05) is 19.5 Å². The number of carbonyl (C=O) groups is 2. The molecule has 0 spiro atoms. The van der Waals surface area contributed by atoms with Crippen LogP contribution in [0, 0.1) is 4.91 Å². The van der Waals surface area contributed by atoms with Crippen molar-refractivity contribution >= 4 is 11.8 Å². The van der Waals surface area contributed by atoms with E-state index in [2.05, 4.69) is 5.29 Å². The Labute approximate surface area is 81.8 Å². The molecule has 0 aromatic rings. The zero-order valence-electron chi connectivity index (χ0n) is 8.10. The molecule has 0 heterocycles. The molecule has 1 N–H and O–H groups in total. The number of aliphatic carboxylic acids is 1. The first kappa shape index (κ1) is 12.5. The van der Waals surface area contributed by atoms with Crippen molar-refractivity contribution in [1.29, 1.82) is 0 Å². The van der Waals surface area contributed by atoms with Crippen LogP contribution in [0.3, 0.4) is 0 Å². The van der Waals surface area contributed by atoms with Gasteiger partial charge in [0.05, 0.1) is 11.7 Å². The fourth-order valence-corrected chi connectivity index (χ4v) is 0.929. The maximum Gasteiger partial charge on any atom is 0.305 e. The van der Waals surface area contributed by atoms with Gasteiger partial charge in [0.25, 0.3) is 0 Å². The van der Waals surface area contributed by atoms with Crippen molar-refractivity contribution in [2.24, 2.45) is 5.29 Å². The minimum Gasteiger partial charge on any atom is -0.481 e. The average molecular weight is 202 g/mol. The number of Topliss-reactive ketones (excluding diaryl/α,β-unsaturated/α-hetero) is 1. The summed E-state index contributed by atoms with van der Waals surface area (Å²) in [6.45, 7) is 1.89. The molecule has 0 saturated carbocycles. The molecule has 6 heteroatoms. The molecule has 0 radical (unpaired) electrons. The lowest BCUT2D eigenvalue weighted by Crippen LogP contribution is -2.22. The largest absolute Gasteiger partial charge is 0.481 e. The summed E-state index contributed by atoms with van der Waals surface area (Å²) in [7, 11) is 0. The molecule has 0 aliphatic rings. The summed E-state index contributed by atoms with van der Waals surface area (Å²) in [5.41, 5.74) is 0. The van der Waals surface area contributed by atoms with Crippen LogP contribution in [0.5, 0.6) is 0 Å². The SMILES string of the molecule is CC(=O)CCCN(CCC(=O)O)N=O. The molecule has 0 saturated heterocycles. The predicted molar refractivity (Wildman–Crippen MR) is 49.5 cm³/mol. The average Bonchev–Trinajstić information content (AvgIpc) is 2.10. The van der Waals surface area contributed by atoms with E-state index in [0.717, 1.165) is 5.01 Å². The number of carboxylic acid groups (broad SMARTS) is 1. The number of hydrogen-bond donors (Lipinski definition) is 1. The molecule has 0 aliphatic heterocycles. The van der Waals surface area contributed by atoms with Crippen LogP contribution in [0.4, 0.5) is 0 Å². The van der Waals surface area contributed by atoms with Crippen molar-refractivity contribution in [3.05, 3.63) is 4.91 Å². The van der Waals surface area contributed by atoms with E-state index in [4.69, 9.17) is 5.11 Å². The van der Waals surface area contributed by atoms with Crippen molar-refractivity contribution in [3.63, 3.8) is 0 Å². The summed E-state index contributed by atoms with van der Waals surface area (Å²) in [4.78, 5) is 30.9. The van der Waals surface area contributed by atoms with Gasteiger partial charge in [-0.2, -0.15) is 0 Å². The Morgan fingerprint density at radius 2 is 1.93 bits per heavy atom. The lowest BCUT2D eigenvalue weighted by molar-refractivity contribution is -0.137. The summed E-state index contributed by atoms with van der Waals surface area (Å²) in [5, 5.41) is 12.1. The first-order valence-corrected chi connectivity index (χ1v) is 4.35. The monoisotopic (exact) mass is 202 g/mol. The van der Waals surface area contributed by atoms with Crippen LogP contribution in [-0.2, 0) is 9.59 Å². The van der Waals surface area contributed by atoms with E-state index in [1.807, 2.05) is 0 Å². The van der Waals surface area contributed by atoms with E-state index < -0.39 is 5.97 Å². The molecular formula is C8H14N2O4. The molecule has 0 atom stereocenters. The normalized spacial score (nSPS) is 9.50. The van der Waals surface area contributed by atoms with Crippen molar-refractivity contribution in [2.75, 3.05) is 13.1 Å². The van der Waals surface area contributed by atoms with E-state index >= 15 is 0 Å². The van der Waals surface area contributed by atoms with Crippen molar-refractivity contribution in [2.45, 2.75) is 26.2 Å². The molecule has 80 valence electrons. The molecule has 0 amide bonds. The Morgan fingerprint density at radius 1 is 1.29 bits per heavy atom. The number of ketones is 1. The van der Waals surface area contributed by atoms with Gasteiger partial charge in [-0.05, 0) is 13.3 Å². The van der Waals surface area contributed by atoms with Crippen LogP contribution in [-0.4, -0.2) is 35.0 Å². The second-order valence-corrected chi connectivity index (χ2v) is 2.98. The number of nitroso groups, excluding NO2 is 1. The zero-order valence-corrected chi connectivity index (χ0v) is 8.10. The third-order valence-corrected chi connectivity index (χ3v) is 1.64. The highest BCUT2D eigenvalue weighted by atomic mass is 16.4.